The van der Waals surface area contributed by atoms with Crippen LogP contribution >= 0.6 is 0 Å². The molecule has 3 N–H and O–H groups in total. The molecule has 2 heterocycles. The number of fused-ring (bicyclic) bond motifs is 1. The first-order valence-corrected chi connectivity index (χ1v) is 12.0. The van der Waals surface area contributed by atoms with Gasteiger partial charge in [-0.2, -0.15) is 0 Å². The average Bonchev–Trinajstić information content (AvgIpc) is 3.12. The molecule has 1 amide bonds. The highest BCUT2D eigenvalue weighted by molar-refractivity contribution is 5.85. The predicted molar refractivity (Wildman–Crippen MR) is 132 cm³/mol. The maximum absolute atomic E-state index is 12.7. The van der Waals surface area contributed by atoms with E-state index >= 15 is 0 Å². The molecule has 0 radical (unpaired) electrons. The second-order valence-electron chi connectivity index (χ2n) is 9.34. The highest BCUT2D eigenvalue weighted by atomic mass is 16.6. The van der Waals surface area contributed by atoms with E-state index in [2.05, 4.69) is 35.2 Å². The number of carbonyl (C=O) groups excluding carboxylic acids is 1. The van der Waals surface area contributed by atoms with Crippen molar-refractivity contribution in [2.45, 2.75) is 50.5 Å². The van der Waals surface area contributed by atoms with Crippen LogP contribution < -0.4 is 10.1 Å². The number of carbonyl (C=O) groups is 2. The van der Waals surface area contributed by atoms with Gasteiger partial charge in [0.1, 0.15) is 11.8 Å². The lowest BCUT2D eigenvalue weighted by molar-refractivity contribution is -0.139. The third-order valence-corrected chi connectivity index (χ3v) is 7.04. The van der Waals surface area contributed by atoms with Crippen LogP contribution in [0.25, 0.3) is 10.9 Å². The molecule has 7 heteroatoms. The van der Waals surface area contributed by atoms with Crippen molar-refractivity contribution >= 4 is 23.0 Å². The second-order valence-corrected chi connectivity index (χ2v) is 9.34. The summed E-state index contributed by atoms with van der Waals surface area (Å²) in [4.78, 5) is 30.0. The van der Waals surface area contributed by atoms with Gasteiger partial charge in [-0.3, -0.25) is 0 Å². The molecule has 0 aliphatic carbocycles. The van der Waals surface area contributed by atoms with Crippen LogP contribution in [-0.2, 0) is 16.6 Å². The monoisotopic (exact) mass is 463 g/mol. The first kappa shape index (κ1) is 23.8. The van der Waals surface area contributed by atoms with Gasteiger partial charge in [0, 0.05) is 35.5 Å². The van der Waals surface area contributed by atoms with Crippen molar-refractivity contribution in [1.29, 1.82) is 0 Å². The van der Waals surface area contributed by atoms with Crippen molar-refractivity contribution < 1.29 is 19.4 Å². The van der Waals surface area contributed by atoms with Crippen LogP contribution in [0.4, 0.5) is 4.79 Å². The number of aliphatic carboxylic acids is 1. The molecule has 1 unspecified atom stereocenters. The summed E-state index contributed by atoms with van der Waals surface area (Å²) < 4.78 is 5.55. The van der Waals surface area contributed by atoms with Gasteiger partial charge in [0.15, 0.2) is 0 Å². The molecule has 0 bridgehead atoms. The number of amides is 1. The van der Waals surface area contributed by atoms with E-state index in [0.29, 0.717) is 5.75 Å². The first-order chi connectivity index (χ1) is 16.4. The van der Waals surface area contributed by atoms with Crippen molar-refractivity contribution in [1.82, 2.24) is 15.2 Å². The summed E-state index contributed by atoms with van der Waals surface area (Å²) in [6.07, 6.45) is 5.61. The Kier molecular flexibility index (Phi) is 7.22. The number of para-hydroxylation sites is 1. The van der Waals surface area contributed by atoms with Gasteiger partial charge >= 0.3 is 12.1 Å². The summed E-state index contributed by atoms with van der Waals surface area (Å²) in [6.45, 7) is 4.26. The molecule has 1 aromatic heterocycles. The van der Waals surface area contributed by atoms with Gasteiger partial charge in [0.05, 0.1) is 0 Å². The molecule has 4 rings (SSSR count). The minimum absolute atomic E-state index is 0.0139. The lowest BCUT2D eigenvalue weighted by atomic mass is 9.74. The Morgan fingerprint density at radius 3 is 2.82 bits per heavy atom. The zero-order chi connectivity index (χ0) is 24.1. The van der Waals surface area contributed by atoms with E-state index < -0.39 is 18.1 Å². The van der Waals surface area contributed by atoms with Gasteiger partial charge in [0.25, 0.3) is 0 Å². The van der Waals surface area contributed by atoms with Crippen molar-refractivity contribution in [2.75, 3.05) is 20.1 Å². The molecule has 7 nitrogen and oxygen atoms in total. The minimum atomic E-state index is -1.11. The van der Waals surface area contributed by atoms with Crippen LogP contribution in [-0.4, -0.2) is 53.2 Å². The number of hydrogen-bond donors (Lipinski definition) is 3. The van der Waals surface area contributed by atoms with E-state index in [0.717, 1.165) is 54.4 Å². The summed E-state index contributed by atoms with van der Waals surface area (Å²) in [5.41, 5.74) is 2.92. The fraction of sp³-hybridized carbons (Fsp3) is 0.407. The van der Waals surface area contributed by atoms with E-state index in [-0.39, 0.29) is 11.8 Å². The molecule has 1 aliphatic heterocycles. The van der Waals surface area contributed by atoms with Crippen LogP contribution in [0.1, 0.15) is 43.7 Å². The van der Waals surface area contributed by atoms with Crippen LogP contribution in [0.2, 0.25) is 0 Å². The van der Waals surface area contributed by atoms with Crippen LogP contribution in [0.5, 0.6) is 5.75 Å². The number of benzene rings is 2. The number of carboxylic acids is 1. The molecule has 180 valence electrons. The zero-order valence-corrected chi connectivity index (χ0v) is 19.8. The lowest BCUT2D eigenvalue weighted by Crippen LogP contribution is -2.43. The third kappa shape index (κ3) is 5.25. The maximum atomic E-state index is 12.7. The molecule has 0 spiro atoms. The molecule has 3 aromatic rings. The largest absolute Gasteiger partial charge is 0.480 e. The SMILES string of the molecule is CCC1(c2cccc(OC(=O)N[C@H](Cc3c[nH]c4ccccc34)C(=O)O)c2)CCCCN(C)C1. The van der Waals surface area contributed by atoms with E-state index in [9.17, 15) is 14.7 Å². The number of likely N-dealkylation sites (N-methyl/N-ethyl adjacent to an activating group) is 1. The van der Waals surface area contributed by atoms with Crippen molar-refractivity contribution in [3.05, 3.63) is 65.9 Å². The number of aromatic nitrogens is 1. The van der Waals surface area contributed by atoms with Gasteiger partial charge in [-0.15, -0.1) is 0 Å². The number of hydrogen-bond acceptors (Lipinski definition) is 4. The summed E-state index contributed by atoms with van der Waals surface area (Å²) in [5.74, 6) is -0.687. The summed E-state index contributed by atoms with van der Waals surface area (Å²) in [5, 5.41) is 13.2. The summed E-state index contributed by atoms with van der Waals surface area (Å²) >= 11 is 0. The fourth-order valence-corrected chi connectivity index (χ4v) is 5.14. The van der Waals surface area contributed by atoms with E-state index in [1.54, 1.807) is 12.3 Å². The molecular weight excluding hydrogens is 430 g/mol. The molecule has 2 atom stereocenters. The van der Waals surface area contributed by atoms with Gasteiger partial charge < -0.3 is 25.0 Å². The zero-order valence-electron chi connectivity index (χ0n) is 19.8. The third-order valence-electron chi connectivity index (χ3n) is 7.04. The molecule has 2 aromatic carbocycles. The lowest BCUT2D eigenvalue weighted by Gasteiger charge is -2.35. The highest BCUT2D eigenvalue weighted by Gasteiger charge is 2.33. The smallest absolute Gasteiger partial charge is 0.413 e. The minimum Gasteiger partial charge on any atom is -0.480 e. The van der Waals surface area contributed by atoms with Gasteiger partial charge in [-0.1, -0.05) is 43.7 Å². The first-order valence-electron chi connectivity index (χ1n) is 12.0. The van der Waals surface area contributed by atoms with E-state index in [4.69, 9.17) is 4.74 Å². The Morgan fingerprint density at radius 2 is 2.03 bits per heavy atom. The van der Waals surface area contributed by atoms with Crippen LogP contribution in [0.3, 0.4) is 0 Å². The standard InChI is InChI=1S/C27H33N3O4/c1-3-27(13-6-7-14-30(2)18-27)20-9-8-10-21(16-20)34-26(33)29-24(25(31)32)15-19-17-28-23-12-5-4-11-22(19)23/h4-5,8-12,16-17,24,28H,3,6-7,13-15,18H2,1-2H3,(H,29,33)(H,31,32)/t24-,27?/m1/s1. The molecule has 1 saturated heterocycles. The maximum Gasteiger partial charge on any atom is 0.413 e. The number of H-pyrrole nitrogens is 1. The highest BCUT2D eigenvalue weighted by Crippen LogP contribution is 2.37. The van der Waals surface area contributed by atoms with Gasteiger partial charge in [-0.25, -0.2) is 9.59 Å². The Morgan fingerprint density at radius 1 is 1.21 bits per heavy atom. The number of ether oxygens (including phenoxy) is 1. The number of carboxylic acid groups (broad SMARTS) is 1. The number of nitrogens with zero attached hydrogens (tertiary/aromatic N) is 1. The number of nitrogens with one attached hydrogen (secondary N) is 2. The van der Waals surface area contributed by atoms with Crippen molar-refractivity contribution in [3.63, 3.8) is 0 Å². The van der Waals surface area contributed by atoms with E-state index in [1.165, 1.54) is 6.42 Å². The predicted octanol–water partition coefficient (Wildman–Crippen LogP) is 4.72. The summed E-state index contributed by atoms with van der Waals surface area (Å²) in [7, 11) is 2.16. The Hall–Kier alpha value is -3.32. The molecular formula is C27H33N3O4. The van der Waals surface area contributed by atoms with Gasteiger partial charge in [0.2, 0.25) is 0 Å². The van der Waals surface area contributed by atoms with Crippen molar-refractivity contribution in [2.24, 2.45) is 0 Å². The van der Waals surface area contributed by atoms with Crippen LogP contribution in [0.15, 0.2) is 54.7 Å². The number of likely N-dealkylation sites (tertiary alicyclic amines) is 1. The molecule has 0 saturated carbocycles. The topological polar surface area (TPSA) is 94.7 Å². The normalized spacial score (nSPS) is 19.9. The van der Waals surface area contributed by atoms with Crippen molar-refractivity contribution in [3.8, 4) is 5.75 Å². The Balaban J connectivity index is 1.47. The fourth-order valence-electron chi connectivity index (χ4n) is 5.14. The average molecular weight is 464 g/mol. The molecule has 34 heavy (non-hydrogen) atoms. The van der Waals surface area contributed by atoms with Crippen LogP contribution in [0, 0.1) is 0 Å². The summed E-state index contributed by atoms with van der Waals surface area (Å²) in [6, 6.07) is 14.2. The quantitative estimate of drug-likeness (QED) is 0.472. The Labute approximate surface area is 200 Å². The number of rotatable bonds is 7. The number of aromatic amines is 1. The molecule has 1 fully saturated rings. The van der Waals surface area contributed by atoms with Gasteiger partial charge in [-0.05, 0) is 62.2 Å². The molecule has 1 aliphatic rings. The Bertz CT molecular complexity index is 1160. The van der Waals surface area contributed by atoms with E-state index in [1.807, 2.05) is 36.4 Å². The second kappa shape index (κ2) is 10.3.